The number of nitrogens with zero attached hydrogens (tertiary/aromatic N) is 3. The van der Waals surface area contributed by atoms with Crippen LogP contribution >= 0.6 is 0 Å². The molecule has 0 unspecified atom stereocenters. The first kappa shape index (κ1) is 37.3. The Morgan fingerprint density at radius 2 is 0.836 bits per heavy atom. The number of aromatic nitrogens is 1. The average Bonchev–Trinajstić information content (AvgIpc) is 3.89. The van der Waals surface area contributed by atoms with Crippen molar-refractivity contribution in [3.8, 4) is 23.3 Å². The van der Waals surface area contributed by atoms with Gasteiger partial charge in [-0.05, 0) is 136 Å². The van der Waals surface area contributed by atoms with Crippen molar-refractivity contribution in [3.63, 3.8) is 0 Å². The number of hydrogen-bond acceptors (Lipinski definition) is 2. The maximum atomic E-state index is 11.4. The summed E-state index contributed by atoms with van der Waals surface area (Å²) in [5.74, 6) is 0.571. The lowest BCUT2D eigenvalue weighted by atomic mass is 9.59. The first-order valence-corrected chi connectivity index (χ1v) is 24.0. The van der Waals surface area contributed by atoms with E-state index < -0.39 is 0 Å². The van der Waals surface area contributed by atoms with Crippen LogP contribution in [0.3, 0.4) is 0 Å². The summed E-state index contributed by atoms with van der Waals surface area (Å²) in [5.41, 5.74) is 25.4. The molecule has 2 aromatic heterocycles. The molecule has 3 nitrogen and oxygen atoms in total. The molecule has 67 heavy (non-hydrogen) atoms. The molecule has 6 aliphatic carbocycles. The summed E-state index contributed by atoms with van der Waals surface area (Å²) >= 11 is 0. The molecule has 0 fully saturated rings. The molecule has 0 N–H and O–H groups in total. The van der Waals surface area contributed by atoms with Crippen LogP contribution in [0.15, 0.2) is 152 Å². The molecule has 4 bridgehead atoms. The second-order valence-corrected chi connectivity index (χ2v) is 20.3. The SMILES string of the molecule is CC(C)c1cccc(C(C)C)c1-c1ccc2c(c1)cc1c3c4c(c(C#N)cc3n3c5cc(C#N)c6c(c5c2c13)C1c2ccccc2C6c2ccccc21)C1c2ccccc2C4c2ccccc21. The minimum atomic E-state index is -0.0454. The van der Waals surface area contributed by atoms with E-state index in [1.807, 2.05) is 0 Å². The van der Waals surface area contributed by atoms with Gasteiger partial charge in [0.05, 0.1) is 39.8 Å². The topological polar surface area (TPSA) is 52.0 Å². The number of rotatable bonds is 3. The van der Waals surface area contributed by atoms with Gasteiger partial charge in [0, 0.05) is 45.2 Å². The first-order valence-electron chi connectivity index (χ1n) is 24.0. The second kappa shape index (κ2) is 12.9. The quantitative estimate of drug-likeness (QED) is 0.178. The largest absolute Gasteiger partial charge is 0.308 e. The molecule has 0 aliphatic heterocycles. The minimum Gasteiger partial charge on any atom is -0.308 e. The second-order valence-electron chi connectivity index (χ2n) is 20.3. The molecule has 3 heteroatoms. The number of benzene rings is 9. The Hall–Kier alpha value is -7.98. The summed E-state index contributed by atoms with van der Waals surface area (Å²) in [7, 11) is 0. The average molecular weight is 854 g/mol. The van der Waals surface area contributed by atoms with Crippen LogP contribution in [0.5, 0.6) is 0 Å². The standard InChI is InChI=1S/C64H43N3/c1-32(2)38-22-13-23-39(33(3)4)52(38)34-24-25-40-35(26-34)27-49-59-50(28-36(30-65)53-55-41-14-5-9-18-45(41)57(62(53)59)46-19-10-6-15-42(46)55)67-51-29-37(31-66)54-56-43-16-7-11-20-47(43)58(48-21-12-8-17-44(48)56)63(54)61(51)60(40)64(49)67/h5-29,32-33,55-58H,1-4H3. The lowest BCUT2D eigenvalue weighted by Gasteiger charge is -2.43. The highest BCUT2D eigenvalue weighted by Crippen LogP contribution is 2.63. The van der Waals surface area contributed by atoms with Crippen LogP contribution < -0.4 is 0 Å². The lowest BCUT2D eigenvalue weighted by molar-refractivity contribution is 0.758. The van der Waals surface area contributed by atoms with Gasteiger partial charge in [0.15, 0.2) is 0 Å². The maximum absolute atomic E-state index is 11.4. The van der Waals surface area contributed by atoms with Gasteiger partial charge in [0.1, 0.15) is 0 Å². The van der Waals surface area contributed by atoms with Crippen molar-refractivity contribution in [2.75, 3.05) is 0 Å². The number of hydrogen-bond donors (Lipinski definition) is 0. The van der Waals surface area contributed by atoms with E-state index in [1.54, 1.807) is 0 Å². The first-order chi connectivity index (χ1) is 32.9. The molecule has 0 amide bonds. The Morgan fingerprint density at radius 1 is 0.418 bits per heavy atom. The smallest absolute Gasteiger partial charge is 0.0995 e. The van der Waals surface area contributed by atoms with E-state index in [0.717, 1.165) is 33.3 Å². The summed E-state index contributed by atoms with van der Waals surface area (Å²) in [6.45, 7) is 9.24. The van der Waals surface area contributed by atoms with Gasteiger partial charge in [-0.3, -0.25) is 0 Å². The van der Waals surface area contributed by atoms with E-state index in [9.17, 15) is 10.5 Å². The molecular weight excluding hydrogens is 811 g/mol. The van der Waals surface area contributed by atoms with E-state index in [2.05, 4.69) is 196 Å². The Kier molecular flexibility index (Phi) is 7.16. The minimum absolute atomic E-state index is 0.0277. The van der Waals surface area contributed by atoms with Crippen LogP contribution in [0.25, 0.3) is 60.0 Å². The van der Waals surface area contributed by atoms with Gasteiger partial charge in [-0.2, -0.15) is 10.5 Å². The molecule has 17 rings (SSSR count). The summed E-state index contributed by atoms with van der Waals surface area (Å²) in [6.07, 6.45) is 0. The summed E-state index contributed by atoms with van der Waals surface area (Å²) in [4.78, 5) is 0. The molecule has 2 heterocycles. The maximum Gasteiger partial charge on any atom is 0.0995 e. The van der Waals surface area contributed by atoms with Crippen LogP contribution in [0.1, 0.15) is 152 Å². The Bertz CT molecular complexity index is 4040. The van der Waals surface area contributed by atoms with Gasteiger partial charge in [0.25, 0.3) is 0 Å². The van der Waals surface area contributed by atoms with Gasteiger partial charge < -0.3 is 4.40 Å². The molecule has 0 spiro atoms. The van der Waals surface area contributed by atoms with Crippen molar-refractivity contribution >= 4 is 48.9 Å². The van der Waals surface area contributed by atoms with Crippen molar-refractivity contribution in [2.45, 2.75) is 63.2 Å². The van der Waals surface area contributed by atoms with Crippen molar-refractivity contribution in [1.29, 1.82) is 10.5 Å². The molecule has 0 radical (unpaired) electrons. The fourth-order valence-corrected chi connectivity index (χ4v) is 14.3. The molecule has 0 saturated carbocycles. The highest BCUT2D eigenvalue weighted by Gasteiger charge is 2.47. The summed E-state index contributed by atoms with van der Waals surface area (Å²) in [5, 5.41) is 30.0. The zero-order valence-corrected chi connectivity index (χ0v) is 37.7. The Balaban J connectivity index is 1.16. The Labute approximate surface area is 389 Å². The lowest BCUT2D eigenvalue weighted by Crippen LogP contribution is -2.28. The monoisotopic (exact) mass is 853 g/mol. The molecule has 314 valence electrons. The molecule has 0 saturated heterocycles. The molecule has 11 aromatic rings. The fraction of sp³-hybridized carbons (Fsp3) is 0.156. The van der Waals surface area contributed by atoms with E-state index in [0.29, 0.717) is 11.8 Å². The number of fused-ring (bicyclic) bond motifs is 8. The third-order valence-corrected chi connectivity index (χ3v) is 16.6. The zero-order valence-electron chi connectivity index (χ0n) is 37.7. The van der Waals surface area contributed by atoms with Crippen LogP contribution in [0.4, 0.5) is 0 Å². The predicted molar refractivity (Wildman–Crippen MR) is 271 cm³/mol. The van der Waals surface area contributed by atoms with Crippen LogP contribution in [-0.4, -0.2) is 4.40 Å². The van der Waals surface area contributed by atoms with E-state index in [1.165, 1.54) is 116 Å². The third-order valence-electron chi connectivity index (χ3n) is 16.6. The normalized spacial score (nSPS) is 18.1. The third kappa shape index (κ3) is 4.42. The van der Waals surface area contributed by atoms with Crippen LogP contribution in [0.2, 0.25) is 0 Å². The van der Waals surface area contributed by atoms with E-state index in [4.69, 9.17) is 0 Å². The van der Waals surface area contributed by atoms with Gasteiger partial charge in [0.2, 0.25) is 0 Å². The van der Waals surface area contributed by atoms with Gasteiger partial charge in [-0.25, -0.2) is 0 Å². The fourth-order valence-electron chi connectivity index (χ4n) is 14.3. The van der Waals surface area contributed by atoms with Crippen LogP contribution in [-0.2, 0) is 0 Å². The van der Waals surface area contributed by atoms with Gasteiger partial charge in [-0.1, -0.05) is 155 Å². The van der Waals surface area contributed by atoms with Crippen molar-refractivity contribution < 1.29 is 0 Å². The summed E-state index contributed by atoms with van der Waals surface area (Å²) < 4.78 is 2.47. The van der Waals surface area contributed by atoms with Crippen molar-refractivity contribution in [1.82, 2.24) is 4.40 Å². The van der Waals surface area contributed by atoms with Gasteiger partial charge in [-0.15, -0.1) is 0 Å². The van der Waals surface area contributed by atoms with Crippen molar-refractivity contribution in [2.24, 2.45) is 0 Å². The highest BCUT2D eigenvalue weighted by atomic mass is 14.9. The van der Waals surface area contributed by atoms with Gasteiger partial charge >= 0.3 is 0 Å². The molecule has 9 aromatic carbocycles. The van der Waals surface area contributed by atoms with Crippen LogP contribution in [0, 0.1) is 22.7 Å². The predicted octanol–water partition coefficient (Wildman–Crippen LogP) is 15.6. The number of nitriles is 2. The van der Waals surface area contributed by atoms with E-state index in [-0.39, 0.29) is 23.7 Å². The zero-order chi connectivity index (χ0) is 44.7. The summed E-state index contributed by atoms with van der Waals surface area (Å²) in [6, 6.07) is 62.3. The molecule has 0 atom stereocenters. The Morgan fingerprint density at radius 3 is 1.27 bits per heavy atom. The van der Waals surface area contributed by atoms with Crippen molar-refractivity contribution in [3.05, 3.63) is 241 Å². The molecule has 6 aliphatic rings. The van der Waals surface area contributed by atoms with E-state index >= 15 is 0 Å². The molecular formula is C64H43N3. The highest BCUT2D eigenvalue weighted by molar-refractivity contribution is 6.33.